The molecule has 0 atom stereocenters. The van der Waals surface area contributed by atoms with Gasteiger partial charge in [-0.25, -0.2) is 9.78 Å². The van der Waals surface area contributed by atoms with Crippen molar-refractivity contribution in [2.75, 3.05) is 18.5 Å². The lowest BCUT2D eigenvalue weighted by Crippen LogP contribution is -2.08. The Kier molecular flexibility index (Phi) is 4.84. The molecule has 1 aromatic carbocycles. The molecule has 0 radical (unpaired) electrons. The number of nitrogens with one attached hydrogen (secondary N) is 1. The Bertz CT molecular complexity index is 806. The van der Waals surface area contributed by atoms with Crippen molar-refractivity contribution in [3.8, 4) is 11.5 Å². The van der Waals surface area contributed by atoms with Crippen LogP contribution in [0.4, 0.5) is 5.82 Å². The maximum atomic E-state index is 12.2. The van der Waals surface area contributed by atoms with Crippen LogP contribution in [0.3, 0.4) is 0 Å². The van der Waals surface area contributed by atoms with E-state index in [0.29, 0.717) is 41.3 Å². The first-order chi connectivity index (χ1) is 12.7. The lowest BCUT2D eigenvalue weighted by molar-refractivity contribution is 0.0472. The van der Waals surface area contributed by atoms with Crippen LogP contribution in [-0.4, -0.2) is 30.2 Å². The predicted octanol–water partition coefficient (Wildman–Crippen LogP) is 3.83. The van der Waals surface area contributed by atoms with Crippen LogP contribution in [0.5, 0.6) is 11.5 Å². The number of esters is 1. The second-order valence-corrected chi connectivity index (χ2v) is 6.79. The lowest BCUT2D eigenvalue weighted by Gasteiger charge is -2.12. The summed E-state index contributed by atoms with van der Waals surface area (Å²) in [5.41, 5.74) is 1.15. The molecule has 1 N–H and O–H groups in total. The number of ether oxygens (including phenoxy) is 3. The number of carbonyl (C=O) groups is 1. The molecule has 4 rings (SSSR count). The van der Waals surface area contributed by atoms with Gasteiger partial charge in [0.25, 0.3) is 0 Å². The predicted molar refractivity (Wildman–Crippen MR) is 97.1 cm³/mol. The number of anilines is 1. The molecule has 6 nitrogen and oxygen atoms in total. The summed E-state index contributed by atoms with van der Waals surface area (Å²) in [7, 11) is 0. The van der Waals surface area contributed by atoms with Crippen LogP contribution >= 0.6 is 11.6 Å². The average molecular weight is 375 g/mol. The molecule has 136 valence electrons. The normalized spacial score (nSPS) is 15.9. The van der Waals surface area contributed by atoms with Gasteiger partial charge in [0.05, 0.1) is 23.8 Å². The van der Waals surface area contributed by atoms with E-state index in [1.54, 1.807) is 24.3 Å². The molecule has 0 bridgehead atoms. The van der Waals surface area contributed by atoms with Crippen molar-refractivity contribution in [3.05, 3.63) is 46.6 Å². The highest BCUT2D eigenvalue weighted by Crippen LogP contribution is 2.38. The number of hydrogen-bond acceptors (Lipinski definition) is 6. The SMILES string of the molecule is O=C(OCc1cc(Cl)c2c(c1)OCCCO2)c1ccc(NC2CC2)nc1. The summed E-state index contributed by atoms with van der Waals surface area (Å²) in [5.74, 6) is 1.47. The van der Waals surface area contributed by atoms with E-state index in [2.05, 4.69) is 10.3 Å². The van der Waals surface area contributed by atoms with Gasteiger partial charge >= 0.3 is 5.97 Å². The minimum atomic E-state index is -0.432. The van der Waals surface area contributed by atoms with Gasteiger partial charge in [0, 0.05) is 18.7 Å². The number of fused-ring (bicyclic) bond motifs is 1. The largest absolute Gasteiger partial charge is 0.489 e. The van der Waals surface area contributed by atoms with E-state index in [1.807, 2.05) is 0 Å². The molecule has 26 heavy (non-hydrogen) atoms. The van der Waals surface area contributed by atoms with E-state index in [4.69, 9.17) is 25.8 Å². The second-order valence-electron chi connectivity index (χ2n) is 6.38. The molecule has 2 aliphatic rings. The van der Waals surface area contributed by atoms with Gasteiger partial charge in [-0.05, 0) is 42.7 Å². The van der Waals surface area contributed by atoms with Gasteiger partial charge in [0.2, 0.25) is 0 Å². The van der Waals surface area contributed by atoms with Crippen molar-refractivity contribution in [1.29, 1.82) is 0 Å². The minimum Gasteiger partial charge on any atom is -0.489 e. The van der Waals surface area contributed by atoms with Crippen LogP contribution in [-0.2, 0) is 11.3 Å². The first-order valence-electron chi connectivity index (χ1n) is 8.67. The number of hydrogen-bond donors (Lipinski definition) is 1. The number of halogens is 1. The quantitative estimate of drug-likeness (QED) is 0.802. The highest BCUT2D eigenvalue weighted by atomic mass is 35.5. The summed E-state index contributed by atoms with van der Waals surface area (Å²) in [6, 6.07) is 7.54. The Balaban J connectivity index is 1.39. The van der Waals surface area contributed by atoms with Crippen molar-refractivity contribution in [2.24, 2.45) is 0 Å². The fourth-order valence-corrected chi connectivity index (χ4v) is 2.92. The van der Waals surface area contributed by atoms with E-state index >= 15 is 0 Å². The zero-order valence-electron chi connectivity index (χ0n) is 14.2. The monoisotopic (exact) mass is 374 g/mol. The highest BCUT2D eigenvalue weighted by Gasteiger charge is 2.21. The maximum absolute atomic E-state index is 12.2. The van der Waals surface area contributed by atoms with Crippen LogP contribution in [0, 0.1) is 0 Å². The highest BCUT2D eigenvalue weighted by molar-refractivity contribution is 6.32. The third-order valence-electron chi connectivity index (χ3n) is 4.16. The maximum Gasteiger partial charge on any atom is 0.340 e. The van der Waals surface area contributed by atoms with Crippen LogP contribution < -0.4 is 14.8 Å². The molecule has 2 aromatic rings. The summed E-state index contributed by atoms with van der Waals surface area (Å²) in [4.78, 5) is 16.5. The van der Waals surface area contributed by atoms with Gasteiger partial charge in [-0.1, -0.05) is 11.6 Å². The van der Waals surface area contributed by atoms with E-state index < -0.39 is 5.97 Å². The molecule has 0 unspecified atom stereocenters. The Morgan fingerprint density at radius 3 is 2.88 bits per heavy atom. The van der Waals surface area contributed by atoms with Crippen LogP contribution in [0.15, 0.2) is 30.5 Å². The van der Waals surface area contributed by atoms with Gasteiger partial charge in [0.1, 0.15) is 12.4 Å². The molecule has 1 saturated carbocycles. The number of pyridine rings is 1. The summed E-state index contributed by atoms with van der Waals surface area (Å²) in [6.45, 7) is 1.23. The fourth-order valence-electron chi connectivity index (χ4n) is 2.64. The van der Waals surface area contributed by atoms with Crippen molar-refractivity contribution in [3.63, 3.8) is 0 Å². The third kappa shape index (κ3) is 4.02. The molecule has 1 aliphatic carbocycles. The number of carbonyl (C=O) groups excluding carboxylic acids is 1. The minimum absolute atomic E-state index is 0.0945. The first kappa shape index (κ1) is 17.0. The average Bonchev–Trinajstić information content (AvgIpc) is 3.47. The molecule has 0 saturated heterocycles. The topological polar surface area (TPSA) is 69.7 Å². The molecule has 7 heteroatoms. The van der Waals surface area contributed by atoms with Gasteiger partial charge < -0.3 is 19.5 Å². The third-order valence-corrected chi connectivity index (χ3v) is 4.44. The molecular formula is C19H19ClN2O4. The van der Waals surface area contributed by atoms with E-state index in [0.717, 1.165) is 17.8 Å². The van der Waals surface area contributed by atoms with Crippen molar-refractivity contribution in [2.45, 2.75) is 31.9 Å². The Morgan fingerprint density at radius 2 is 2.12 bits per heavy atom. The Labute approximate surface area is 156 Å². The number of nitrogens with zero attached hydrogens (tertiary/aromatic N) is 1. The van der Waals surface area contributed by atoms with Crippen LogP contribution in [0.2, 0.25) is 5.02 Å². The fraction of sp³-hybridized carbons (Fsp3) is 0.368. The number of aromatic nitrogens is 1. The molecular weight excluding hydrogens is 356 g/mol. The summed E-state index contributed by atoms with van der Waals surface area (Å²) < 4.78 is 16.6. The van der Waals surface area contributed by atoms with Crippen molar-refractivity contribution < 1.29 is 19.0 Å². The number of rotatable bonds is 5. The summed E-state index contributed by atoms with van der Waals surface area (Å²) >= 11 is 6.25. The Hall–Kier alpha value is -2.47. The van der Waals surface area contributed by atoms with Gasteiger partial charge in [-0.3, -0.25) is 0 Å². The summed E-state index contributed by atoms with van der Waals surface area (Å²) in [6.07, 6.45) is 4.66. The van der Waals surface area contributed by atoms with Crippen molar-refractivity contribution in [1.82, 2.24) is 4.98 Å². The molecule has 2 heterocycles. The second kappa shape index (κ2) is 7.41. The molecule has 1 fully saturated rings. The first-order valence-corrected chi connectivity index (χ1v) is 9.04. The zero-order valence-corrected chi connectivity index (χ0v) is 14.9. The van der Waals surface area contributed by atoms with E-state index in [9.17, 15) is 4.79 Å². The van der Waals surface area contributed by atoms with Gasteiger partial charge in [-0.2, -0.15) is 0 Å². The molecule has 1 aliphatic heterocycles. The molecule has 0 spiro atoms. The Morgan fingerprint density at radius 1 is 1.27 bits per heavy atom. The standard InChI is InChI=1S/C19H19ClN2O4/c20-15-8-12(9-16-18(15)25-7-1-6-24-16)11-26-19(23)13-2-5-17(21-10-13)22-14-3-4-14/h2,5,8-10,14H,1,3-4,6-7,11H2,(H,21,22). The van der Waals surface area contributed by atoms with E-state index in [-0.39, 0.29) is 6.61 Å². The zero-order chi connectivity index (χ0) is 17.9. The van der Waals surface area contributed by atoms with Crippen LogP contribution in [0.25, 0.3) is 0 Å². The van der Waals surface area contributed by atoms with Crippen molar-refractivity contribution >= 4 is 23.4 Å². The summed E-state index contributed by atoms with van der Waals surface area (Å²) in [5, 5.41) is 3.73. The van der Waals surface area contributed by atoms with E-state index in [1.165, 1.54) is 19.0 Å². The number of benzene rings is 1. The van der Waals surface area contributed by atoms with Gasteiger partial charge in [0.15, 0.2) is 11.5 Å². The van der Waals surface area contributed by atoms with Gasteiger partial charge in [-0.15, -0.1) is 0 Å². The molecule has 0 amide bonds. The smallest absolute Gasteiger partial charge is 0.340 e. The lowest BCUT2D eigenvalue weighted by atomic mass is 10.2. The van der Waals surface area contributed by atoms with Crippen LogP contribution in [0.1, 0.15) is 35.2 Å². The molecule has 1 aromatic heterocycles.